The van der Waals surface area contributed by atoms with Gasteiger partial charge in [0, 0.05) is 49.5 Å². The van der Waals surface area contributed by atoms with Crippen molar-refractivity contribution in [3.05, 3.63) is 63.6 Å². The molecule has 1 fully saturated rings. The van der Waals surface area contributed by atoms with Crippen LogP contribution in [-0.2, 0) is 0 Å². The van der Waals surface area contributed by atoms with Crippen LogP contribution in [0.4, 0.5) is 5.69 Å². The molecule has 1 aliphatic heterocycles. The molecular weight excluding hydrogens is 393 g/mol. The van der Waals surface area contributed by atoms with E-state index in [2.05, 4.69) is 46.3 Å². The van der Waals surface area contributed by atoms with Gasteiger partial charge in [-0.15, -0.1) is 0 Å². The first-order valence-electron chi connectivity index (χ1n) is 9.72. The first-order valence-corrected chi connectivity index (χ1v) is 10.5. The second kappa shape index (κ2) is 9.64. The van der Waals surface area contributed by atoms with Crippen molar-refractivity contribution >= 4 is 34.8 Å². The number of hydrogen-bond acceptors (Lipinski definition) is 3. The second-order valence-electron chi connectivity index (χ2n) is 7.46. The summed E-state index contributed by atoms with van der Waals surface area (Å²) in [6.07, 6.45) is 0.904. The molecule has 0 bridgehead atoms. The molecule has 0 aromatic heterocycles. The molecule has 0 radical (unpaired) electrons. The van der Waals surface area contributed by atoms with Crippen molar-refractivity contribution < 1.29 is 4.79 Å². The molecule has 4 nitrogen and oxygen atoms in total. The van der Waals surface area contributed by atoms with Crippen LogP contribution in [0.1, 0.15) is 29.3 Å². The van der Waals surface area contributed by atoms with E-state index in [0.29, 0.717) is 15.6 Å². The van der Waals surface area contributed by atoms with Gasteiger partial charge < -0.3 is 10.2 Å². The smallest absolute Gasteiger partial charge is 0.253 e. The van der Waals surface area contributed by atoms with Crippen molar-refractivity contribution in [2.45, 2.75) is 26.3 Å². The molecule has 1 heterocycles. The highest BCUT2D eigenvalue weighted by molar-refractivity contribution is 6.36. The standard InChI is InChI=1S/C22H27Cl2N3O/c1-16-4-3-5-19(14-16)27-12-10-26(11-13-27)9-8-17(2)25-22(28)20-7-6-18(23)15-21(20)24/h3-7,14-15,17H,8-13H2,1-2H3,(H,25,28). The monoisotopic (exact) mass is 419 g/mol. The molecule has 2 aromatic rings. The Bertz CT molecular complexity index is 819. The van der Waals surface area contributed by atoms with E-state index in [9.17, 15) is 4.79 Å². The maximum atomic E-state index is 12.4. The molecule has 1 N–H and O–H groups in total. The van der Waals surface area contributed by atoms with Crippen molar-refractivity contribution in [1.82, 2.24) is 10.2 Å². The van der Waals surface area contributed by atoms with E-state index in [-0.39, 0.29) is 11.9 Å². The lowest BCUT2D eigenvalue weighted by molar-refractivity contribution is 0.0935. The van der Waals surface area contributed by atoms with Crippen LogP contribution in [0.3, 0.4) is 0 Å². The normalized spacial score (nSPS) is 16.1. The molecule has 1 amide bonds. The fraction of sp³-hybridized carbons (Fsp3) is 0.409. The van der Waals surface area contributed by atoms with Gasteiger partial charge in [0.2, 0.25) is 0 Å². The van der Waals surface area contributed by atoms with Crippen molar-refractivity contribution in [2.24, 2.45) is 0 Å². The minimum atomic E-state index is -0.154. The summed E-state index contributed by atoms with van der Waals surface area (Å²) < 4.78 is 0. The van der Waals surface area contributed by atoms with Gasteiger partial charge in [0.05, 0.1) is 10.6 Å². The number of carbonyl (C=O) groups is 1. The summed E-state index contributed by atoms with van der Waals surface area (Å²) in [5.41, 5.74) is 3.06. The van der Waals surface area contributed by atoms with E-state index < -0.39 is 0 Å². The summed E-state index contributed by atoms with van der Waals surface area (Å²) in [7, 11) is 0. The maximum absolute atomic E-state index is 12.4. The number of anilines is 1. The Kier molecular flexibility index (Phi) is 7.22. The molecule has 150 valence electrons. The molecule has 1 unspecified atom stereocenters. The Morgan fingerprint density at radius 2 is 1.86 bits per heavy atom. The average Bonchev–Trinajstić information content (AvgIpc) is 2.66. The zero-order valence-electron chi connectivity index (χ0n) is 16.4. The van der Waals surface area contributed by atoms with Crippen LogP contribution in [0, 0.1) is 6.92 Å². The number of piperazine rings is 1. The van der Waals surface area contributed by atoms with E-state index in [1.807, 2.05) is 6.92 Å². The lowest BCUT2D eigenvalue weighted by Gasteiger charge is -2.36. The summed E-state index contributed by atoms with van der Waals surface area (Å²) in [5, 5.41) is 3.94. The minimum Gasteiger partial charge on any atom is -0.369 e. The zero-order valence-corrected chi connectivity index (χ0v) is 17.9. The molecule has 28 heavy (non-hydrogen) atoms. The van der Waals surface area contributed by atoms with Gasteiger partial charge in [-0.25, -0.2) is 0 Å². The van der Waals surface area contributed by atoms with Gasteiger partial charge in [-0.1, -0.05) is 35.3 Å². The van der Waals surface area contributed by atoms with Gasteiger partial charge in [-0.3, -0.25) is 9.69 Å². The topological polar surface area (TPSA) is 35.6 Å². The lowest BCUT2D eigenvalue weighted by atomic mass is 10.1. The Hall–Kier alpha value is -1.75. The Morgan fingerprint density at radius 1 is 1.11 bits per heavy atom. The Balaban J connectivity index is 1.43. The number of halogens is 2. The highest BCUT2D eigenvalue weighted by Gasteiger charge is 2.19. The average molecular weight is 420 g/mol. The van der Waals surface area contributed by atoms with Crippen molar-refractivity contribution in [3.63, 3.8) is 0 Å². The molecule has 1 saturated heterocycles. The largest absolute Gasteiger partial charge is 0.369 e. The number of nitrogens with one attached hydrogen (secondary N) is 1. The summed E-state index contributed by atoms with van der Waals surface area (Å²) in [4.78, 5) is 17.3. The predicted octanol–water partition coefficient (Wildman–Crippen LogP) is 4.63. The highest BCUT2D eigenvalue weighted by atomic mass is 35.5. The molecule has 6 heteroatoms. The van der Waals surface area contributed by atoms with Gasteiger partial charge >= 0.3 is 0 Å². The van der Waals surface area contributed by atoms with Crippen LogP contribution >= 0.6 is 23.2 Å². The number of carbonyl (C=O) groups excluding carboxylic acids is 1. The van der Waals surface area contributed by atoms with E-state index >= 15 is 0 Å². The number of hydrogen-bond donors (Lipinski definition) is 1. The lowest BCUT2D eigenvalue weighted by Crippen LogP contribution is -2.47. The molecule has 0 saturated carbocycles. The molecule has 1 aliphatic rings. The third-order valence-electron chi connectivity index (χ3n) is 5.17. The molecule has 0 aliphatic carbocycles. The van der Waals surface area contributed by atoms with Crippen molar-refractivity contribution in [2.75, 3.05) is 37.6 Å². The predicted molar refractivity (Wildman–Crippen MR) is 118 cm³/mol. The molecule has 0 spiro atoms. The molecule has 1 atom stereocenters. The molecular formula is C22H27Cl2N3O. The molecule has 2 aromatic carbocycles. The van der Waals surface area contributed by atoms with Crippen LogP contribution in [-0.4, -0.2) is 49.6 Å². The molecule has 3 rings (SSSR count). The van der Waals surface area contributed by atoms with Gasteiger partial charge in [0.1, 0.15) is 0 Å². The van der Waals surface area contributed by atoms with E-state index in [1.54, 1.807) is 18.2 Å². The zero-order chi connectivity index (χ0) is 20.1. The number of benzene rings is 2. The number of rotatable bonds is 6. The van der Waals surface area contributed by atoms with E-state index in [1.165, 1.54) is 11.3 Å². The minimum absolute atomic E-state index is 0.0778. The number of nitrogens with zero attached hydrogens (tertiary/aromatic N) is 2. The SMILES string of the molecule is Cc1cccc(N2CCN(CCC(C)NC(=O)c3ccc(Cl)cc3Cl)CC2)c1. The highest BCUT2D eigenvalue weighted by Crippen LogP contribution is 2.21. The van der Waals surface area contributed by atoms with Crippen LogP contribution in [0.2, 0.25) is 10.0 Å². The first-order chi connectivity index (χ1) is 13.4. The van der Waals surface area contributed by atoms with Crippen LogP contribution in [0.5, 0.6) is 0 Å². The van der Waals surface area contributed by atoms with Crippen LogP contribution in [0.25, 0.3) is 0 Å². The Labute approximate surface area is 177 Å². The van der Waals surface area contributed by atoms with Gasteiger partial charge in [-0.2, -0.15) is 0 Å². The summed E-state index contributed by atoms with van der Waals surface area (Å²) in [5.74, 6) is -0.154. The number of aryl methyl sites for hydroxylation is 1. The summed E-state index contributed by atoms with van der Waals surface area (Å²) in [6.45, 7) is 9.28. The van der Waals surface area contributed by atoms with Gasteiger partial charge in [0.25, 0.3) is 5.91 Å². The van der Waals surface area contributed by atoms with Gasteiger partial charge in [-0.05, 0) is 56.2 Å². The quantitative estimate of drug-likeness (QED) is 0.740. The maximum Gasteiger partial charge on any atom is 0.253 e. The fourth-order valence-corrected chi connectivity index (χ4v) is 3.97. The van der Waals surface area contributed by atoms with E-state index in [4.69, 9.17) is 23.2 Å². The first kappa shape index (κ1) is 21.0. The Morgan fingerprint density at radius 3 is 2.54 bits per heavy atom. The summed E-state index contributed by atoms with van der Waals surface area (Å²) >= 11 is 12.0. The van der Waals surface area contributed by atoms with E-state index in [0.717, 1.165) is 39.1 Å². The summed E-state index contributed by atoms with van der Waals surface area (Å²) in [6, 6.07) is 13.7. The number of amides is 1. The van der Waals surface area contributed by atoms with Gasteiger partial charge in [0.15, 0.2) is 0 Å². The van der Waals surface area contributed by atoms with Crippen molar-refractivity contribution in [3.8, 4) is 0 Å². The third kappa shape index (κ3) is 5.63. The van der Waals surface area contributed by atoms with Crippen LogP contribution in [0.15, 0.2) is 42.5 Å². The fourth-order valence-electron chi connectivity index (χ4n) is 3.48. The van der Waals surface area contributed by atoms with Crippen molar-refractivity contribution in [1.29, 1.82) is 0 Å². The third-order valence-corrected chi connectivity index (χ3v) is 5.72. The van der Waals surface area contributed by atoms with Crippen LogP contribution < -0.4 is 10.2 Å². The second-order valence-corrected chi connectivity index (χ2v) is 8.30.